The molecule has 0 N–H and O–H groups in total. The summed E-state index contributed by atoms with van der Waals surface area (Å²) in [6.07, 6.45) is 1.42. The molecule has 2 rings (SSSR count). The number of aromatic nitrogens is 4. The van der Waals surface area contributed by atoms with Crippen LogP contribution in [0, 0.1) is 0 Å². The first-order chi connectivity index (χ1) is 6.63. The average Bonchev–Trinajstić information content (AvgIpc) is 2.23. The number of rotatable bonds is 0. The molecule has 0 radical (unpaired) electrons. The van der Waals surface area contributed by atoms with Gasteiger partial charge in [-0.3, -0.25) is 13.9 Å². The SMILES string of the molecule is Cl.Cn1c(=O)c2ccnnc2n(C)c1=O. The summed E-state index contributed by atoms with van der Waals surface area (Å²) in [5, 5.41) is 7.76. The summed E-state index contributed by atoms with van der Waals surface area (Å²) >= 11 is 0. The highest BCUT2D eigenvalue weighted by atomic mass is 35.5. The molecule has 2 heterocycles. The molecule has 0 bridgehead atoms. The first-order valence-corrected chi connectivity index (χ1v) is 4.00. The van der Waals surface area contributed by atoms with Crippen molar-refractivity contribution >= 4 is 23.4 Å². The summed E-state index contributed by atoms with van der Waals surface area (Å²) in [5.74, 6) is 0. The number of fused-ring (bicyclic) bond motifs is 1. The van der Waals surface area contributed by atoms with Gasteiger partial charge in [-0.15, -0.1) is 17.5 Å². The highest BCUT2D eigenvalue weighted by Gasteiger charge is 2.07. The Kier molecular flexibility index (Phi) is 2.90. The van der Waals surface area contributed by atoms with Crippen LogP contribution >= 0.6 is 12.4 Å². The van der Waals surface area contributed by atoms with Crippen molar-refractivity contribution in [2.75, 3.05) is 0 Å². The molecule has 7 heteroatoms. The van der Waals surface area contributed by atoms with Crippen LogP contribution < -0.4 is 11.2 Å². The quantitative estimate of drug-likeness (QED) is 0.607. The zero-order valence-corrected chi connectivity index (χ0v) is 8.98. The van der Waals surface area contributed by atoms with Crippen LogP contribution in [0.1, 0.15) is 0 Å². The third-order valence-corrected chi connectivity index (χ3v) is 2.13. The zero-order chi connectivity index (χ0) is 10.3. The van der Waals surface area contributed by atoms with Crippen molar-refractivity contribution in [2.24, 2.45) is 14.1 Å². The molecule has 0 aliphatic heterocycles. The molecule has 2 aromatic rings. The number of hydrogen-bond acceptors (Lipinski definition) is 4. The topological polar surface area (TPSA) is 69.8 Å². The second-order valence-electron chi connectivity index (χ2n) is 2.97. The van der Waals surface area contributed by atoms with E-state index in [2.05, 4.69) is 10.2 Å². The fourth-order valence-corrected chi connectivity index (χ4v) is 1.32. The summed E-state index contributed by atoms with van der Waals surface area (Å²) in [4.78, 5) is 23.0. The lowest BCUT2D eigenvalue weighted by molar-refractivity contribution is 0.703. The van der Waals surface area contributed by atoms with Gasteiger partial charge in [-0.05, 0) is 6.07 Å². The summed E-state index contributed by atoms with van der Waals surface area (Å²) < 4.78 is 2.34. The smallest absolute Gasteiger partial charge is 0.279 e. The second-order valence-corrected chi connectivity index (χ2v) is 2.97. The van der Waals surface area contributed by atoms with Gasteiger partial charge in [0.2, 0.25) is 0 Å². The summed E-state index contributed by atoms with van der Waals surface area (Å²) in [5.41, 5.74) is -0.443. The number of halogens is 1. The fourth-order valence-electron chi connectivity index (χ4n) is 1.32. The standard InChI is InChI=1S/C8H8N4O2.ClH/c1-11-6-5(3-4-9-10-6)7(13)12(2)8(11)14;/h3-4H,1-2H3;1H. The van der Waals surface area contributed by atoms with E-state index < -0.39 is 5.69 Å². The van der Waals surface area contributed by atoms with Gasteiger partial charge in [0.15, 0.2) is 5.65 Å². The van der Waals surface area contributed by atoms with E-state index in [1.54, 1.807) is 13.1 Å². The molecule has 15 heavy (non-hydrogen) atoms. The van der Waals surface area contributed by atoms with Crippen LogP contribution in [0.25, 0.3) is 11.0 Å². The van der Waals surface area contributed by atoms with E-state index in [9.17, 15) is 9.59 Å². The molecule has 0 fully saturated rings. The first-order valence-electron chi connectivity index (χ1n) is 4.00. The predicted molar refractivity (Wildman–Crippen MR) is 57.3 cm³/mol. The van der Waals surface area contributed by atoms with E-state index in [1.165, 1.54) is 17.8 Å². The lowest BCUT2D eigenvalue weighted by atomic mass is 10.3. The van der Waals surface area contributed by atoms with Crippen molar-refractivity contribution in [1.82, 2.24) is 19.3 Å². The first kappa shape index (κ1) is 11.4. The van der Waals surface area contributed by atoms with E-state index in [1.807, 2.05) is 0 Å². The monoisotopic (exact) mass is 228 g/mol. The summed E-state index contributed by atoms with van der Waals surface area (Å²) in [6.45, 7) is 0. The molecule has 0 aliphatic carbocycles. The normalized spacial score (nSPS) is 10.0. The number of aryl methyl sites for hydroxylation is 1. The van der Waals surface area contributed by atoms with Crippen LogP contribution in [0.2, 0.25) is 0 Å². The molecule has 0 saturated heterocycles. The van der Waals surface area contributed by atoms with Gasteiger partial charge in [0.05, 0.1) is 11.6 Å². The van der Waals surface area contributed by atoms with Crippen LogP contribution in [-0.2, 0) is 14.1 Å². The molecular weight excluding hydrogens is 220 g/mol. The maximum absolute atomic E-state index is 11.6. The highest BCUT2D eigenvalue weighted by Crippen LogP contribution is 1.98. The van der Waals surface area contributed by atoms with Crippen LogP contribution in [-0.4, -0.2) is 19.3 Å². The van der Waals surface area contributed by atoms with Crippen molar-refractivity contribution in [3.8, 4) is 0 Å². The Labute approximate surface area is 90.6 Å². The molecule has 6 nitrogen and oxygen atoms in total. The molecule has 0 unspecified atom stereocenters. The van der Waals surface area contributed by atoms with Gasteiger partial charge in [0.1, 0.15) is 0 Å². The van der Waals surface area contributed by atoms with E-state index in [-0.39, 0.29) is 18.0 Å². The van der Waals surface area contributed by atoms with Gasteiger partial charge in [-0.2, -0.15) is 5.10 Å². The Bertz CT molecular complexity index is 616. The lowest BCUT2D eigenvalue weighted by Crippen LogP contribution is -2.37. The van der Waals surface area contributed by atoms with Crippen LogP contribution in [0.15, 0.2) is 21.9 Å². The molecular formula is C8H9ClN4O2. The Morgan fingerprint density at radius 1 is 1.20 bits per heavy atom. The lowest BCUT2D eigenvalue weighted by Gasteiger charge is -2.04. The van der Waals surface area contributed by atoms with E-state index in [0.29, 0.717) is 11.0 Å². The molecule has 2 aromatic heterocycles. The molecule has 80 valence electrons. The summed E-state index contributed by atoms with van der Waals surface area (Å²) in [7, 11) is 2.99. The molecule has 0 saturated carbocycles. The van der Waals surface area contributed by atoms with Gasteiger partial charge >= 0.3 is 5.69 Å². The molecule has 0 spiro atoms. The second kappa shape index (κ2) is 3.82. The van der Waals surface area contributed by atoms with E-state index in [0.717, 1.165) is 4.57 Å². The van der Waals surface area contributed by atoms with Crippen molar-refractivity contribution in [1.29, 1.82) is 0 Å². The van der Waals surface area contributed by atoms with E-state index >= 15 is 0 Å². The van der Waals surface area contributed by atoms with Crippen molar-refractivity contribution in [3.05, 3.63) is 33.1 Å². The van der Waals surface area contributed by atoms with Gasteiger partial charge in [-0.1, -0.05) is 0 Å². The molecule has 0 amide bonds. The summed E-state index contributed by atoms with van der Waals surface area (Å²) in [6, 6.07) is 1.55. The fraction of sp³-hybridized carbons (Fsp3) is 0.250. The predicted octanol–water partition coefficient (Wildman–Crippen LogP) is -0.551. The van der Waals surface area contributed by atoms with Gasteiger partial charge in [0.25, 0.3) is 5.56 Å². The molecule has 0 atom stereocenters. The molecule has 0 aliphatic rings. The Morgan fingerprint density at radius 2 is 1.87 bits per heavy atom. The average molecular weight is 229 g/mol. The van der Waals surface area contributed by atoms with Crippen LogP contribution in [0.5, 0.6) is 0 Å². The van der Waals surface area contributed by atoms with Crippen molar-refractivity contribution in [3.63, 3.8) is 0 Å². The Hall–Kier alpha value is -1.69. The van der Waals surface area contributed by atoms with Gasteiger partial charge < -0.3 is 0 Å². The van der Waals surface area contributed by atoms with Gasteiger partial charge in [0, 0.05) is 14.1 Å². The zero-order valence-electron chi connectivity index (χ0n) is 8.17. The maximum atomic E-state index is 11.6. The number of nitrogens with zero attached hydrogens (tertiary/aromatic N) is 4. The Balaban J connectivity index is 0.00000112. The van der Waals surface area contributed by atoms with Crippen molar-refractivity contribution in [2.45, 2.75) is 0 Å². The third-order valence-electron chi connectivity index (χ3n) is 2.13. The van der Waals surface area contributed by atoms with Crippen molar-refractivity contribution < 1.29 is 0 Å². The van der Waals surface area contributed by atoms with E-state index in [4.69, 9.17) is 0 Å². The van der Waals surface area contributed by atoms with Crippen LogP contribution in [0.3, 0.4) is 0 Å². The highest BCUT2D eigenvalue weighted by molar-refractivity contribution is 5.85. The number of hydrogen-bond donors (Lipinski definition) is 0. The minimum absolute atomic E-state index is 0. The third kappa shape index (κ3) is 1.52. The van der Waals surface area contributed by atoms with Crippen LogP contribution in [0.4, 0.5) is 0 Å². The molecule has 0 aromatic carbocycles. The Morgan fingerprint density at radius 3 is 2.53 bits per heavy atom. The maximum Gasteiger partial charge on any atom is 0.332 e. The largest absolute Gasteiger partial charge is 0.332 e. The minimum atomic E-state index is -0.400. The van der Waals surface area contributed by atoms with Gasteiger partial charge in [-0.25, -0.2) is 4.79 Å². The minimum Gasteiger partial charge on any atom is -0.279 e.